The molecule has 7 nitrogen and oxygen atoms in total. The largest absolute Gasteiger partial charge is 0.490 e. The van der Waals surface area contributed by atoms with E-state index in [2.05, 4.69) is 66.9 Å². The fourth-order valence-electron chi connectivity index (χ4n) is 6.34. The van der Waals surface area contributed by atoms with Crippen LogP contribution in [0, 0.1) is 13.8 Å². The number of hydrogen-bond acceptors (Lipinski definition) is 5. The predicted molar refractivity (Wildman–Crippen MR) is 178 cm³/mol. The first-order valence-electron chi connectivity index (χ1n) is 16.2. The molecule has 0 aliphatic carbocycles. The summed E-state index contributed by atoms with van der Waals surface area (Å²) in [5, 5.41) is 0. The lowest BCUT2D eigenvalue weighted by atomic mass is 9.87. The third-order valence-electron chi connectivity index (χ3n) is 8.45. The van der Waals surface area contributed by atoms with E-state index in [1.807, 2.05) is 50.8 Å². The Morgan fingerprint density at radius 2 is 1.36 bits per heavy atom. The van der Waals surface area contributed by atoms with Crippen LogP contribution in [0.15, 0.2) is 66.7 Å². The van der Waals surface area contributed by atoms with Gasteiger partial charge in [-0.2, -0.15) is 0 Å². The third kappa shape index (κ3) is 6.98. The van der Waals surface area contributed by atoms with Crippen molar-refractivity contribution in [2.75, 3.05) is 33.0 Å². The Bertz CT molecular complexity index is 1610. The summed E-state index contributed by atoms with van der Waals surface area (Å²) in [6, 6.07) is 22.5. The first kappa shape index (κ1) is 32.0. The SMILES string of the molecule is CCOc1ccc(CC2c3cc(OCC)c(OCC)cc3CCN2C(=O)c2cc(C)n(Cc3ccccc3)c2C)cc1OCC. The minimum absolute atomic E-state index is 0.0425. The summed E-state index contributed by atoms with van der Waals surface area (Å²) in [5.74, 6) is 2.95. The molecule has 1 aliphatic heterocycles. The molecule has 0 bridgehead atoms. The third-order valence-corrected chi connectivity index (χ3v) is 8.45. The van der Waals surface area contributed by atoms with Gasteiger partial charge < -0.3 is 28.4 Å². The molecule has 1 amide bonds. The second-order valence-corrected chi connectivity index (χ2v) is 11.3. The lowest BCUT2D eigenvalue weighted by Crippen LogP contribution is -2.41. The molecular weight excluding hydrogens is 564 g/mol. The average molecular weight is 611 g/mol. The van der Waals surface area contributed by atoms with Crippen molar-refractivity contribution < 1.29 is 23.7 Å². The molecule has 0 radical (unpaired) electrons. The van der Waals surface area contributed by atoms with Gasteiger partial charge in [-0.1, -0.05) is 36.4 Å². The highest BCUT2D eigenvalue weighted by molar-refractivity contribution is 5.96. The average Bonchev–Trinajstić information content (AvgIpc) is 3.32. The summed E-state index contributed by atoms with van der Waals surface area (Å²) in [7, 11) is 0. The zero-order valence-corrected chi connectivity index (χ0v) is 27.5. The van der Waals surface area contributed by atoms with Crippen molar-refractivity contribution in [1.29, 1.82) is 0 Å². The van der Waals surface area contributed by atoms with Crippen LogP contribution in [0.25, 0.3) is 0 Å². The van der Waals surface area contributed by atoms with E-state index < -0.39 is 0 Å². The lowest BCUT2D eigenvalue weighted by molar-refractivity contribution is 0.0658. The maximum absolute atomic E-state index is 14.5. The molecule has 0 spiro atoms. The maximum atomic E-state index is 14.5. The van der Waals surface area contributed by atoms with E-state index in [9.17, 15) is 4.79 Å². The molecule has 5 rings (SSSR count). The number of carbonyl (C=O) groups excluding carboxylic acids is 1. The molecule has 1 aromatic heterocycles. The zero-order valence-electron chi connectivity index (χ0n) is 27.5. The van der Waals surface area contributed by atoms with Gasteiger partial charge in [0.2, 0.25) is 0 Å². The second-order valence-electron chi connectivity index (χ2n) is 11.3. The van der Waals surface area contributed by atoms with Crippen LogP contribution >= 0.6 is 0 Å². The van der Waals surface area contributed by atoms with E-state index in [1.165, 1.54) is 11.1 Å². The van der Waals surface area contributed by atoms with Gasteiger partial charge in [-0.05, 0) is 107 Å². The van der Waals surface area contributed by atoms with Crippen molar-refractivity contribution in [1.82, 2.24) is 9.47 Å². The summed E-state index contributed by atoms with van der Waals surface area (Å²) in [4.78, 5) is 16.6. The molecule has 1 unspecified atom stereocenters. The van der Waals surface area contributed by atoms with Gasteiger partial charge in [0.15, 0.2) is 23.0 Å². The van der Waals surface area contributed by atoms with Crippen LogP contribution in [0.5, 0.6) is 23.0 Å². The Balaban J connectivity index is 1.56. The van der Waals surface area contributed by atoms with Crippen LogP contribution in [0.4, 0.5) is 0 Å². The van der Waals surface area contributed by atoms with Crippen LogP contribution in [0.1, 0.15) is 77.7 Å². The number of rotatable bonds is 13. The summed E-state index contributed by atoms with van der Waals surface area (Å²) in [5.41, 5.74) is 7.34. The van der Waals surface area contributed by atoms with E-state index in [1.54, 1.807) is 0 Å². The van der Waals surface area contributed by atoms with Gasteiger partial charge in [0.1, 0.15) is 0 Å². The molecular formula is C38H46N2O5. The normalized spacial score (nSPS) is 14.2. The highest BCUT2D eigenvalue weighted by Crippen LogP contribution is 2.41. The van der Waals surface area contributed by atoms with E-state index >= 15 is 0 Å². The van der Waals surface area contributed by atoms with Crippen molar-refractivity contribution in [2.45, 2.75) is 67.0 Å². The highest BCUT2D eigenvalue weighted by atomic mass is 16.5. The van der Waals surface area contributed by atoms with Crippen LogP contribution in [0.2, 0.25) is 0 Å². The summed E-state index contributed by atoms with van der Waals surface area (Å²) in [6.07, 6.45) is 1.35. The quantitative estimate of drug-likeness (QED) is 0.155. The Kier molecular flexibility index (Phi) is 10.4. The molecule has 0 fully saturated rings. The molecule has 0 saturated carbocycles. The van der Waals surface area contributed by atoms with Crippen molar-refractivity contribution >= 4 is 5.91 Å². The Morgan fingerprint density at radius 3 is 2.02 bits per heavy atom. The molecule has 238 valence electrons. The number of fused-ring (bicyclic) bond motifs is 1. The summed E-state index contributed by atoms with van der Waals surface area (Å²) in [6.45, 7) is 15.5. The Morgan fingerprint density at radius 1 is 0.733 bits per heavy atom. The van der Waals surface area contributed by atoms with E-state index in [4.69, 9.17) is 18.9 Å². The van der Waals surface area contributed by atoms with E-state index in [-0.39, 0.29) is 11.9 Å². The second kappa shape index (κ2) is 14.6. The molecule has 1 aliphatic rings. The van der Waals surface area contributed by atoms with Gasteiger partial charge in [0, 0.05) is 24.5 Å². The predicted octanol–water partition coefficient (Wildman–Crippen LogP) is 7.73. The molecule has 0 N–H and O–H groups in total. The molecule has 0 saturated heterocycles. The highest BCUT2D eigenvalue weighted by Gasteiger charge is 2.34. The number of hydrogen-bond donors (Lipinski definition) is 0. The standard InChI is InChI=1S/C38H46N2O5/c1-7-42-34-17-16-29(22-35(34)43-8-2)21-33-32-24-37(45-10-4)36(44-9-3)23-30(32)18-19-39(33)38(41)31-20-26(5)40(27(31)6)25-28-14-12-11-13-15-28/h11-17,20,22-24,33H,7-10,18-19,21,25H2,1-6H3. The number of benzene rings is 3. The Labute approximate surface area is 267 Å². The van der Waals surface area contributed by atoms with Crippen LogP contribution in [0.3, 0.4) is 0 Å². The van der Waals surface area contributed by atoms with Gasteiger partial charge in [0.05, 0.1) is 38.0 Å². The van der Waals surface area contributed by atoms with Gasteiger partial charge in [-0.25, -0.2) is 0 Å². The smallest absolute Gasteiger partial charge is 0.256 e. The van der Waals surface area contributed by atoms with E-state index in [0.717, 1.165) is 58.3 Å². The number of carbonyl (C=O) groups is 1. The summed E-state index contributed by atoms with van der Waals surface area (Å²) >= 11 is 0. The molecule has 45 heavy (non-hydrogen) atoms. The number of ether oxygens (including phenoxy) is 4. The first-order valence-corrected chi connectivity index (χ1v) is 16.2. The number of aromatic nitrogens is 1. The monoisotopic (exact) mass is 610 g/mol. The minimum Gasteiger partial charge on any atom is -0.490 e. The van der Waals surface area contributed by atoms with Crippen molar-refractivity contribution in [3.05, 3.63) is 106 Å². The molecule has 3 aromatic carbocycles. The van der Waals surface area contributed by atoms with Crippen molar-refractivity contribution in [3.8, 4) is 23.0 Å². The molecule has 4 aromatic rings. The number of nitrogens with zero attached hydrogens (tertiary/aromatic N) is 2. The number of aryl methyl sites for hydroxylation is 1. The lowest BCUT2D eigenvalue weighted by Gasteiger charge is -2.38. The molecule has 2 heterocycles. The van der Waals surface area contributed by atoms with Crippen LogP contribution in [-0.2, 0) is 19.4 Å². The fraction of sp³-hybridized carbons (Fsp3) is 0.395. The zero-order chi connectivity index (χ0) is 31.9. The van der Waals surface area contributed by atoms with Gasteiger partial charge in [-0.15, -0.1) is 0 Å². The van der Waals surface area contributed by atoms with Crippen molar-refractivity contribution in [3.63, 3.8) is 0 Å². The topological polar surface area (TPSA) is 62.2 Å². The van der Waals surface area contributed by atoms with Crippen LogP contribution < -0.4 is 18.9 Å². The molecule has 1 atom stereocenters. The summed E-state index contributed by atoms with van der Waals surface area (Å²) < 4.78 is 26.1. The minimum atomic E-state index is -0.208. The van der Waals surface area contributed by atoms with Gasteiger partial charge in [-0.3, -0.25) is 4.79 Å². The fourth-order valence-corrected chi connectivity index (χ4v) is 6.34. The maximum Gasteiger partial charge on any atom is 0.256 e. The first-order chi connectivity index (χ1) is 21.9. The van der Waals surface area contributed by atoms with Crippen LogP contribution in [-0.4, -0.2) is 48.3 Å². The van der Waals surface area contributed by atoms with Gasteiger partial charge >= 0.3 is 0 Å². The van der Waals surface area contributed by atoms with E-state index in [0.29, 0.717) is 45.1 Å². The Hall–Kier alpha value is -4.39. The molecule has 7 heteroatoms. The van der Waals surface area contributed by atoms with Crippen molar-refractivity contribution in [2.24, 2.45) is 0 Å². The number of amides is 1. The van der Waals surface area contributed by atoms with Gasteiger partial charge in [0.25, 0.3) is 5.91 Å².